The molecule has 0 saturated carbocycles. The maximum atomic E-state index is 4.86. The number of aromatic nitrogens is 1. The molecular formula is C20H13N. The highest BCUT2D eigenvalue weighted by Crippen LogP contribution is 2.38. The van der Waals surface area contributed by atoms with Crippen molar-refractivity contribution in [1.82, 2.24) is 4.98 Å². The molecular weight excluding hydrogens is 254 g/mol. The molecule has 5 rings (SSSR count). The second-order valence-corrected chi connectivity index (χ2v) is 5.71. The number of hydrogen-bond donors (Lipinski definition) is 0. The van der Waals surface area contributed by atoms with Gasteiger partial charge in [-0.3, -0.25) is 4.98 Å². The minimum absolute atomic E-state index is 1.10. The van der Waals surface area contributed by atoms with Gasteiger partial charge in [-0.15, -0.1) is 0 Å². The number of rotatable bonds is 0. The summed E-state index contributed by atoms with van der Waals surface area (Å²) in [5, 5.41) is 9.11. The molecule has 98 valence electrons. The van der Waals surface area contributed by atoms with Crippen LogP contribution in [0, 0.1) is 6.92 Å². The average molecular weight is 267 g/mol. The van der Waals surface area contributed by atoms with Crippen molar-refractivity contribution in [3.8, 4) is 0 Å². The summed E-state index contributed by atoms with van der Waals surface area (Å²) in [6.07, 6.45) is 0. The Morgan fingerprint density at radius 1 is 0.667 bits per heavy atom. The highest BCUT2D eigenvalue weighted by atomic mass is 14.7. The van der Waals surface area contributed by atoms with Gasteiger partial charge in [-0.05, 0) is 40.6 Å². The van der Waals surface area contributed by atoms with E-state index in [-0.39, 0.29) is 0 Å². The molecule has 0 spiro atoms. The Morgan fingerprint density at radius 3 is 2.43 bits per heavy atom. The van der Waals surface area contributed by atoms with Crippen molar-refractivity contribution in [3.63, 3.8) is 0 Å². The van der Waals surface area contributed by atoms with Crippen LogP contribution in [0.25, 0.3) is 43.2 Å². The minimum Gasteiger partial charge on any atom is -0.252 e. The van der Waals surface area contributed by atoms with E-state index in [1.807, 2.05) is 0 Å². The van der Waals surface area contributed by atoms with E-state index < -0.39 is 0 Å². The van der Waals surface area contributed by atoms with Gasteiger partial charge in [0, 0.05) is 21.9 Å². The summed E-state index contributed by atoms with van der Waals surface area (Å²) in [6.45, 7) is 2.12. The van der Waals surface area contributed by atoms with Crippen molar-refractivity contribution in [1.29, 1.82) is 0 Å². The van der Waals surface area contributed by atoms with Crippen LogP contribution in [0.15, 0.2) is 60.7 Å². The minimum atomic E-state index is 1.10. The number of nitrogens with zero attached hydrogens (tertiary/aromatic N) is 1. The van der Waals surface area contributed by atoms with Gasteiger partial charge in [0.25, 0.3) is 0 Å². The summed E-state index contributed by atoms with van der Waals surface area (Å²) < 4.78 is 0. The largest absolute Gasteiger partial charge is 0.252 e. The smallest absolute Gasteiger partial charge is 0.0717 e. The second kappa shape index (κ2) is 3.70. The fourth-order valence-electron chi connectivity index (χ4n) is 3.62. The number of benzene rings is 4. The van der Waals surface area contributed by atoms with E-state index >= 15 is 0 Å². The monoisotopic (exact) mass is 267 g/mol. The lowest BCUT2D eigenvalue weighted by atomic mass is 9.92. The zero-order valence-electron chi connectivity index (χ0n) is 11.7. The quantitative estimate of drug-likeness (QED) is 0.269. The van der Waals surface area contributed by atoms with Crippen molar-refractivity contribution >= 4 is 43.2 Å². The van der Waals surface area contributed by atoms with Gasteiger partial charge in [0.1, 0.15) is 0 Å². The molecule has 1 nitrogen and oxygen atoms in total. The summed E-state index contributed by atoms with van der Waals surface area (Å²) in [5.41, 5.74) is 2.21. The van der Waals surface area contributed by atoms with Gasteiger partial charge in [0.05, 0.1) is 5.52 Å². The van der Waals surface area contributed by atoms with Crippen LogP contribution in [0.3, 0.4) is 0 Å². The standard InChI is InChI=1S/C20H13N/c1-12-18-16-7-3-2-5-14(16)11-15-10-9-13-6-4-8-17(21-12)19(13)20(15)18/h2-11H,1H3. The van der Waals surface area contributed by atoms with E-state index in [1.165, 1.54) is 37.7 Å². The molecule has 0 atom stereocenters. The SMILES string of the molecule is Cc1nc2cccc3ccc4cc5ccccc5c1c4c32. The first-order valence-electron chi connectivity index (χ1n) is 7.26. The first-order chi connectivity index (χ1) is 10.3. The van der Waals surface area contributed by atoms with Crippen LogP contribution in [-0.2, 0) is 0 Å². The molecule has 4 aromatic carbocycles. The molecule has 5 aromatic rings. The van der Waals surface area contributed by atoms with Crippen LogP contribution in [0.4, 0.5) is 0 Å². The van der Waals surface area contributed by atoms with Crippen LogP contribution in [-0.4, -0.2) is 4.98 Å². The molecule has 1 heterocycles. The summed E-state index contributed by atoms with van der Waals surface area (Å²) >= 11 is 0. The maximum Gasteiger partial charge on any atom is 0.0717 e. The van der Waals surface area contributed by atoms with Crippen LogP contribution >= 0.6 is 0 Å². The van der Waals surface area contributed by atoms with Gasteiger partial charge in [-0.1, -0.05) is 48.5 Å². The highest BCUT2D eigenvalue weighted by molar-refractivity contribution is 6.28. The van der Waals surface area contributed by atoms with Crippen LogP contribution in [0.1, 0.15) is 5.69 Å². The van der Waals surface area contributed by atoms with Gasteiger partial charge in [0.2, 0.25) is 0 Å². The third-order valence-electron chi connectivity index (χ3n) is 4.50. The van der Waals surface area contributed by atoms with Crippen LogP contribution in [0.5, 0.6) is 0 Å². The first kappa shape index (κ1) is 11.0. The molecule has 0 aliphatic heterocycles. The van der Waals surface area contributed by atoms with Gasteiger partial charge < -0.3 is 0 Å². The Kier molecular flexibility index (Phi) is 1.95. The van der Waals surface area contributed by atoms with E-state index in [0.717, 1.165) is 11.2 Å². The number of hydrogen-bond acceptors (Lipinski definition) is 1. The molecule has 1 aromatic heterocycles. The van der Waals surface area contributed by atoms with Gasteiger partial charge in [0.15, 0.2) is 0 Å². The molecule has 0 amide bonds. The third-order valence-corrected chi connectivity index (χ3v) is 4.50. The van der Waals surface area contributed by atoms with Gasteiger partial charge >= 0.3 is 0 Å². The van der Waals surface area contributed by atoms with E-state index in [9.17, 15) is 0 Å². The van der Waals surface area contributed by atoms with E-state index in [2.05, 4.69) is 67.6 Å². The predicted octanol–water partition coefficient (Wildman–Crippen LogP) is 5.44. The van der Waals surface area contributed by atoms with Crippen molar-refractivity contribution < 1.29 is 0 Å². The number of aryl methyl sites for hydroxylation is 1. The topological polar surface area (TPSA) is 12.9 Å². The molecule has 0 unspecified atom stereocenters. The molecule has 0 fully saturated rings. The van der Waals surface area contributed by atoms with E-state index in [1.54, 1.807) is 0 Å². The summed E-state index contributed by atoms with van der Waals surface area (Å²) in [5.74, 6) is 0. The van der Waals surface area contributed by atoms with E-state index in [4.69, 9.17) is 4.98 Å². The van der Waals surface area contributed by atoms with Crippen LogP contribution in [0.2, 0.25) is 0 Å². The number of pyridine rings is 1. The van der Waals surface area contributed by atoms with Crippen molar-refractivity contribution in [2.45, 2.75) is 6.92 Å². The van der Waals surface area contributed by atoms with Crippen molar-refractivity contribution in [3.05, 3.63) is 66.4 Å². The fourth-order valence-corrected chi connectivity index (χ4v) is 3.62. The zero-order chi connectivity index (χ0) is 14.0. The highest BCUT2D eigenvalue weighted by Gasteiger charge is 2.13. The molecule has 0 aliphatic carbocycles. The summed E-state index contributed by atoms with van der Waals surface area (Å²) in [7, 11) is 0. The predicted molar refractivity (Wildman–Crippen MR) is 90.2 cm³/mol. The van der Waals surface area contributed by atoms with E-state index in [0.29, 0.717) is 0 Å². The van der Waals surface area contributed by atoms with Gasteiger partial charge in [-0.2, -0.15) is 0 Å². The molecule has 0 aliphatic rings. The Balaban J connectivity index is 2.26. The zero-order valence-corrected chi connectivity index (χ0v) is 11.7. The summed E-state index contributed by atoms with van der Waals surface area (Å²) in [4.78, 5) is 4.86. The molecule has 0 bridgehead atoms. The van der Waals surface area contributed by atoms with Crippen molar-refractivity contribution in [2.24, 2.45) is 0 Å². The van der Waals surface area contributed by atoms with Crippen LogP contribution < -0.4 is 0 Å². The number of fused-ring (bicyclic) bond motifs is 2. The Bertz CT molecular complexity index is 1140. The lowest BCUT2D eigenvalue weighted by Gasteiger charge is -2.14. The van der Waals surface area contributed by atoms with Gasteiger partial charge in [-0.25, -0.2) is 0 Å². The normalized spacial score (nSPS) is 12.0. The lowest BCUT2D eigenvalue weighted by molar-refractivity contribution is 1.30. The average Bonchev–Trinajstić information content (AvgIpc) is 2.52. The summed E-state index contributed by atoms with van der Waals surface area (Å²) in [6, 6.07) is 21.7. The Morgan fingerprint density at radius 2 is 1.48 bits per heavy atom. The Hall–Kier alpha value is -2.67. The third kappa shape index (κ3) is 1.33. The van der Waals surface area contributed by atoms with Crippen molar-refractivity contribution in [2.75, 3.05) is 0 Å². The fraction of sp³-hybridized carbons (Fsp3) is 0.0500. The Labute approximate surface area is 122 Å². The molecule has 1 heteroatoms. The molecule has 0 radical (unpaired) electrons. The molecule has 0 N–H and O–H groups in total. The molecule has 0 saturated heterocycles. The lowest BCUT2D eigenvalue weighted by Crippen LogP contribution is -1.92. The maximum absolute atomic E-state index is 4.86. The second-order valence-electron chi connectivity index (χ2n) is 5.71. The first-order valence-corrected chi connectivity index (χ1v) is 7.26. The molecule has 21 heavy (non-hydrogen) atoms.